The van der Waals surface area contributed by atoms with Crippen molar-refractivity contribution in [1.29, 1.82) is 0 Å². The van der Waals surface area contributed by atoms with Gasteiger partial charge in [-0.3, -0.25) is 28.9 Å². The van der Waals surface area contributed by atoms with Crippen molar-refractivity contribution in [3.05, 3.63) is 86.1 Å². The van der Waals surface area contributed by atoms with E-state index in [2.05, 4.69) is 35.9 Å². The van der Waals surface area contributed by atoms with E-state index < -0.39 is 12.0 Å². The summed E-state index contributed by atoms with van der Waals surface area (Å²) in [6.07, 6.45) is 7.78. The molecule has 25 heteroatoms. The quantitative estimate of drug-likeness (QED) is 0.0488. The van der Waals surface area contributed by atoms with E-state index in [1.54, 1.807) is 56.4 Å². The van der Waals surface area contributed by atoms with Crippen molar-refractivity contribution in [2.45, 2.75) is 83.2 Å². The van der Waals surface area contributed by atoms with Gasteiger partial charge in [0.25, 0.3) is 17.9 Å². The maximum absolute atomic E-state index is 14.8. The van der Waals surface area contributed by atoms with E-state index in [9.17, 15) is 32.8 Å². The highest BCUT2D eigenvalue weighted by molar-refractivity contribution is 6.33. The van der Waals surface area contributed by atoms with Crippen LogP contribution in [0.4, 0.5) is 42.5 Å². The summed E-state index contributed by atoms with van der Waals surface area (Å²) in [7, 11) is 7.75. The lowest BCUT2D eigenvalue weighted by Gasteiger charge is -2.34. The first-order chi connectivity index (χ1) is 39.1. The highest BCUT2D eigenvalue weighted by Gasteiger charge is 2.36. The van der Waals surface area contributed by atoms with Gasteiger partial charge in [0.1, 0.15) is 10.8 Å². The van der Waals surface area contributed by atoms with Gasteiger partial charge in [0.2, 0.25) is 17.8 Å². The number of nitrogens with zero attached hydrogens (tertiary/aromatic N) is 10. The summed E-state index contributed by atoms with van der Waals surface area (Å²) >= 11 is 6.59. The van der Waals surface area contributed by atoms with Crippen LogP contribution in [0.3, 0.4) is 0 Å². The van der Waals surface area contributed by atoms with Crippen LogP contribution < -0.4 is 51.8 Å². The average molecular weight is 1140 g/mol. The number of allylic oxidation sites excluding steroid dienone is 1. The minimum absolute atomic E-state index is 0.000405. The van der Waals surface area contributed by atoms with Crippen molar-refractivity contribution < 1.29 is 37.4 Å². The Morgan fingerprint density at radius 1 is 0.951 bits per heavy atom. The number of carbonyl (C=O) groups is 4. The molecule has 7 heterocycles. The third-order valence-electron chi connectivity index (χ3n) is 15.7. The number of rotatable bonds is 18. The van der Waals surface area contributed by atoms with Crippen molar-refractivity contribution in [2.24, 2.45) is 23.7 Å². The third kappa shape index (κ3) is 12.5. The number of fused-ring (bicyclic) bond motifs is 3. The zero-order valence-corrected chi connectivity index (χ0v) is 47.1. The number of ether oxygens (including phenoxy) is 2. The summed E-state index contributed by atoms with van der Waals surface area (Å²) in [6, 6.07) is 8.21. The second-order valence-electron chi connectivity index (χ2n) is 20.6. The number of benzene rings is 2. The molecule has 0 bridgehead atoms. The predicted molar refractivity (Wildman–Crippen MR) is 306 cm³/mol. The fourth-order valence-corrected chi connectivity index (χ4v) is 11.5. The number of piperidine rings is 2. The van der Waals surface area contributed by atoms with Crippen LogP contribution in [0.1, 0.15) is 91.8 Å². The highest BCUT2D eigenvalue weighted by Crippen LogP contribution is 2.43. The van der Waals surface area contributed by atoms with Crippen molar-refractivity contribution in [1.82, 2.24) is 50.1 Å². The van der Waals surface area contributed by atoms with E-state index >= 15 is 0 Å². The molecule has 2 aromatic carbocycles. The number of hydrogen-bond donors (Lipinski definition) is 5. The predicted octanol–water partition coefficient (Wildman–Crippen LogP) is 6.14. The molecule has 2 saturated heterocycles. The normalized spacial score (nSPS) is 16.2. The fourth-order valence-electron chi connectivity index (χ4n) is 11.4. The molecule has 0 spiro atoms. The van der Waals surface area contributed by atoms with Gasteiger partial charge in [-0.2, -0.15) is 10.1 Å². The van der Waals surface area contributed by atoms with Crippen LogP contribution in [0.25, 0.3) is 16.5 Å². The number of nitrogens with two attached hydrogens (primary N) is 1. The van der Waals surface area contributed by atoms with Gasteiger partial charge in [0.15, 0.2) is 24.0 Å². The number of carbonyl (C=O) groups excluding carboxylic acids is 4. The highest BCUT2D eigenvalue weighted by atomic mass is 35.5. The van der Waals surface area contributed by atoms with Crippen LogP contribution in [0.15, 0.2) is 52.5 Å². The topological polar surface area (TPSA) is 252 Å². The number of amides is 5. The number of anilines is 5. The van der Waals surface area contributed by atoms with E-state index in [1.165, 1.54) is 37.3 Å². The molecule has 0 saturated carbocycles. The zero-order chi connectivity index (χ0) is 57.5. The molecule has 3 aromatic heterocycles. The Labute approximate surface area is 473 Å². The van der Waals surface area contributed by atoms with Crippen LogP contribution in [-0.4, -0.2) is 145 Å². The summed E-state index contributed by atoms with van der Waals surface area (Å²) in [4.78, 5) is 85.7. The van der Waals surface area contributed by atoms with Crippen LogP contribution in [-0.2, 0) is 40.8 Å². The molecule has 4 aliphatic rings. The van der Waals surface area contributed by atoms with Crippen molar-refractivity contribution in [3.8, 4) is 11.5 Å². The monoisotopic (exact) mass is 1140 g/mol. The molecule has 5 aromatic rings. The second kappa shape index (κ2) is 25.6. The SMILES string of the molecule is CN=C/C(=C\N)c1cc2c(cc1C(F)F)N(c1nn(C3CCN(C(=O)CCCCNC(=O)C4CCN(c5ncc(Cl)c(Nc6cc(OC)c7c(c6)cc(OCC(=O)NC)c(=O)n7C)n5)CC4)CC3)c3c1CN(C(=O)NC)CC3)CCC2. The van der Waals surface area contributed by atoms with Crippen molar-refractivity contribution in [3.63, 3.8) is 0 Å². The number of halogens is 3. The smallest absolute Gasteiger partial charge is 0.317 e. The first kappa shape index (κ1) is 57.7. The van der Waals surface area contributed by atoms with Crippen molar-refractivity contribution in [2.75, 3.05) is 95.8 Å². The van der Waals surface area contributed by atoms with Gasteiger partial charge in [-0.25, -0.2) is 18.6 Å². The van der Waals surface area contributed by atoms with Crippen LogP contribution in [0, 0.1) is 5.92 Å². The number of aromatic nitrogens is 5. The molecule has 0 atom stereocenters. The molecule has 4 aliphatic heterocycles. The number of aliphatic imine (C=N–C) groups is 1. The van der Waals surface area contributed by atoms with Gasteiger partial charge in [-0.1, -0.05) is 11.6 Å². The van der Waals surface area contributed by atoms with Crippen LogP contribution >= 0.6 is 11.6 Å². The molecule has 0 radical (unpaired) electrons. The maximum atomic E-state index is 14.8. The summed E-state index contributed by atoms with van der Waals surface area (Å²) in [5.41, 5.74) is 10.6. The Morgan fingerprint density at radius 3 is 2.43 bits per heavy atom. The third-order valence-corrected chi connectivity index (χ3v) is 16.0. The zero-order valence-electron chi connectivity index (χ0n) is 46.3. The van der Waals surface area contributed by atoms with E-state index in [0.717, 1.165) is 23.2 Å². The number of likely N-dealkylation sites (N-methyl/N-ethyl adjacent to an activating group) is 1. The molecule has 22 nitrogen and oxygen atoms in total. The number of unbranched alkanes of at least 4 members (excludes halogenated alkanes) is 1. The molecule has 432 valence electrons. The number of alkyl halides is 2. The number of likely N-dealkylation sites (tertiary alicyclic amines) is 1. The van der Waals surface area contributed by atoms with E-state index in [4.69, 9.17) is 36.9 Å². The Hall–Kier alpha value is -8.02. The largest absolute Gasteiger partial charge is 0.494 e. The van der Waals surface area contributed by atoms with E-state index in [-0.39, 0.29) is 58.7 Å². The molecule has 81 heavy (non-hydrogen) atoms. The van der Waals surface area contributed by atoms with Crippen molar-refractivity contribution >= 4 is 87.0 Å². The number of hydrogen-bond acceptors (Lipinski definition) is 15. The molecule has 0 unspecified atom stereocenters. The van der Waals surface area contributed by atoms with Crippen LogP contribution in [0.2, 0.25) is 5.02 Å². The molecule has 6 N–H and O–H groups in total. The Bertz CT molecular complexity index is 3300. The second-order valence-corrected chi connectivity index (χ2v) is 21.0. The standard InChI is InChI=1S/C56H70ClF2N15O7/c1-61-29-36(28-60)39-24-34-9-8-17-73(44(34)27-40(39)50(58)59)52-41-31-72(56(79)63-3)22-15-43(41)74(68-52)38-13-20-70(21-14-38)48(76)10-6-7-16-64-53(77)33-11-18-71(19-12-33)55-65-30-42(57)51(67-55)66-37-23-35-25-46(81-32-47(75)62-2)54(78)69(4)49(35)45(26-37)80-5/h23-30,33,38,50H,6-22,31-32,60H2,1-5H3,(H,62,75)(H,63,79)(H,64,77)(H,65,66,67)/b36-28+,61-29?. The Balaban J connectivity index is 0.758. The van der Waals surface area contributed by atoms with E-state index in [1.807, 2.05) is 14.7 Å². The van der Waals surface area contributed by atoms with Crippen LogP contribution in [0.5, 0.6) is 11.5 Å². The lowest BCUT2D eigenvalue weighted by atomic mass is 9.92. The first-order valence-corrected chi connectivity index (χ1v) is 27.8. The molecule has 0 aliphatic carbocycles. The minimum Gasteiger partial charge on any atom is -0.494 e. The number of methoxy groups -OCH3 is 1. The van der Waals surface area contributed by atoms with E-state index in [0.29, 0.717) is 167 Å². The first-order valence-electron chi connectivity index (χ1n) is 27.4. The molecular formula is C56H70ClF2N15O7. The lowest BCUT2D eigenvalue weighted by molar-refractivity contribution is -0.132. The lowest BCUT2D eigenvalue weighted by Crippen LogP contribution is -2.42. The number of nitrogens with one attached hydrogen (secondary N) is 4. The summed E-state index contributed by atoms with van der Waals surface area (Å²) in [5.74, 6) is 1.34. The van der Waals surface area contributed by atoms with Gasteiger partial charge in [0.05, 0.1) is 31.4 Å². The molecular weight excluding hydrogens is 1070 g/mol. The van der Waals surface area contributed by atoms with Gasteiger partial charge in [-0.05, 0) is 86.8 Å². The number of pyridine rings is 1. The Morgan fingerprint density at radius 2 is 1.73 bits per heavy atom. The molecule has 9 rings (SSSR count). The number of aryl methyl sites for hydroxylation is 2. The fraction of sp³-hybridized carbons (Fsp3) is 0.482. The average Bonchev–Trinajstić information content (AvgIpc) is 4.16. The summed E-state index contributed by atoms with van der Waals surface area (Å²) < 4.78 is 44.2. The van der Waals surface area contributed by atoms with Gasteiger partial charge < -0.3 is 60.6 Å². The maximum Gasteiger partial charge on any atom is 0.317 e. The summed E-state index contributed by atoms with van der Waals surface area (Å²) in [6.45, 7) is 3.73. The minimum atomic E-state index is -2.76. The molecule has 2 fully saturated rings. The van der Waals surface area contributed by atoms with Gasteiger partial charge in [-0.15, -0.1) is 0 Å². The Kier molecular flexibility index (Phi) is 18.2. The van der Waals surface area contributed by atoms with Gasteiger partial charge in [0, 0.05) is 150 Å². The molecule has 5 amide bonds. The summed E-state index contributed by atoms with van der Waals surface area (Å²) in [5, 5.41) is 17.7. The number of urea groups is 1. The van der Waals surface area contributed by atoms with Gasteiger partial charge >= 0.3 is 6.03 Å².